The minimum absolute atomic E-state index is 0.146. The summed E-state index contributed by atoms with van der Waals surface area (Å²) in [4.78, 5) is 23.2. The van der Waals surface area contributed by atoms with Crippen LogP contribution in [0.15, 0.2) is 42.5 Å². The highest BCUT2D eigenvalue weighted by molar-refractivity contribution is 6.32. The van der Waals surface area contributed by atoms with Gasteiger partial charge in [-0.15, -0.1) is 0 Å². The van der Waals surface area contributed by atoms with Crippen molar-refractivity contribution in [3.63, 3.8) is 0 Å². The summed E-state index contributed by atoms with van der Waals surface area (Å²) >= 11 is 5.88. The molecule has 0 heterocycles. The van der Waals surface area contributed by atoms with Crippen LogP contribution in [0.25, 0.3) is 0 Å². The molecule has 0 bridgehead atoms. The Morgan fingerprint density at radius 2 is 1.83 bits per heavy atom. The number of benzene rings is 2. The molecule has 0 saturated carbocycles. The van der Waals surface area contributed by atoms with E-state index in [9.17, 15) is 14.0 Å². The monoisotopic (exact) mass is 336 g/mol. The lowest BCUT2D eigenvalue weighted by Gasteiger charge is -2.08. The van der Waals surface area contributed by atoms with Crippen molar-refractivity contribution in [2.45, 2.75) is 13.3 Å². The number of ether oxygens (including phenoxy) is 2. The number of halogens is 2. The number of Topliss-reactive ketones (excluding diaryl/α,β-unsaturated/α-hetero) is 1. The van der Waals surface area contributed by atoms with E-state index in [2.05, 4.69) is 0 Å². The van der Waals surface area contributed by atoms with Crippen molar-refractivity contribution in [2.24, 2.45) is 0 Å². The van der Waals surface area contributed by atoms with Crippen molar-refractivity contribution < 1.29 is 23.5 Å². The van der Waals surface area contributed by atoms with Gasteiger partial charge < -0.3 is 9.47 Å². The van der Waals surface area contributed by atoms with E-state index in [1.165, 1.54) is 24.3 Å². The van der Waals surface area contributed by atoms with Gasteiger partial charge in [0, 0.05) is 5.56 Å². The molecule has 2 aromatic carbocycles. The number of esters is 1. The fourth-order valence-corrected chi connectivity index (χ4v) is 2.04. The van der Waals surface area contributed by atoms with E-state index < -0.39 is 11.8 Å². The van der Waals surface area contributed by atoms with Crippen LogP contribution in [0.4, 0.5) is 4.39 Å². The zero-order chi connectivity index (χ0) is 16.8. The maximum atomic E-state index is 13.0. The molecular formula is C17H14ClFO4. The van der Waals surface area contributed by atoms with Crippen LogP contribution in [0.5, 0.6) is 11.5 Å². The number of carbonyl (C=O) groups is 2. The van der Waals surface area contributed by atoms with Crippen molar-refractivity contribution in [3.8, 4) is 11.5 Å². The molecule has 23 heavy (non-hydrogen) atoms. The van der Waals surface area contributed by atoms with E-state index >= 15 is 0 Å². The summed E-state index contributed by atoms with van der Waals surface area (Å²) in [5.41, 5.74) is 0.371. The highest BCUT2D eigenvalue weighted by Gasteiger charge is 2.13. The predicted octanol–water partition coefficient (Wildman–Crippen LogP) is 4.41. The lowest BCUT2D eigenvalue weighted by Crippen LogP contribution is -2.11. The highest BCUT2D eigenvalue weighted by atomic mass is 35.5. The SMILES string of the molecule is CCOC(=O)CC(=O)c1ccc(Oc2ccc(F)cc2Cl)cc1. The van der Waals surface area contributed by atoms with Gasteiger partial charge in [0.2, 0.25) is 0 Å². The third-order valence-corrected chi connectivity index (χ3v) is 3.20. The molecule has 0 aliphatic carbocycles. The molecule has 120 valence electrons. The number of rotatable bonds is 6. The molecule has 4 nitrogen and oxygen atoms in total. The number of hydrogen-bond acceptors (Lipinski definition) is 4. The molecule has 0 radical (unpaired) electrons. The Morgan fingerprint density at radius 1 is 1.13 bits per heavy atom. The second-order valence-electron chi connectivity index (χ2n) is 4.61. The molecule has 0 atom stereocenters. The standard InChI is InChI=1S/C17H14ClFO4/c1-2-22-17(21)10-15(20)11-3-6-13(7-4-11)23-16-8-5-12(19)9-14(16)18/h3-9H,2,10H2,1H3. The third-order valence-electron chi connectivity index (χ3n) is 2.91. The Morgan fingerprint density at radius 3 is 2.43 bits per heavy atom. The van der Waals surface area contributed by atoms with Gasteiger partial charge in [0.05, 0.1) is 11.6 Å². The summed E-state index contributed by atoms with van der Waals surface area (Å²) < 4.78 is 23.2. The maximum Gasteiger partial charge on any atom is 0.313 e. The van der Waals surface area contributed by atoms with Crippen LogP contribution in [-0.2, 0) is 9.53 Å². The molecule has 0 saturated heterocycles. The molecule has 0 unspecified atom stereocenters. The summed E-state index contributed by atoms with van der Waals surface area (Å²) in [6, 6.07) is 10.0. The Labute approximate surface area is 137 Å². The quantitative estimate of drug-likeness (QED) is 0.445. The van der Waals surface area contributed by atoms with E-state index in [1.54, 1.807) is 19.1 Å². The summed E-state index contributed by atoms with van der Waals surface area (Å²) in [7, 11) is 0. The van der Waals surface area contributed by atoms with E-state index in [0.29, 0.717) is 17.1 Å². The number of carbonyl (C=O) groups excluding carboxylic acids is 2. The van der Waals surface area contributed by atoms with Gasteiger partial charge in [-0.05, 0) is 49.4 Å². The summed E-state index contributed by atoms with van der Waals surface area (Å²) in [5, 5.41) is 0.146. The van der Waals surface area contributed by atoms with Crippen LogP contribution < -0.4 is 4.74 Å². The lowest BCUT2D eigenvalue weighted by atomic mass is 10.1. The first-order valence-corrected chi connectivity index (χ1v) is 7.29. The molecule has 0 N–H and O–H groups in total. The van der Waals surface area contributed by atoms with E-state index in [1.807, 2.05) is 0 Å². The van der Waals surface area contributed by atoms with Crippen molar-refractivity contribution in [2.75, 3.05) is 6.61 Å². The molecule has 6 heteroatoms. The van der Waals surface area contributed by atoms with Gasteiger partial charge >= 0.3 is 5.97 Å². The van der Waals surface area contributed by atoms with Crippen LogP contribution in [0.2, 0.25) is 5.02 Å². The Hall–Kier alpha value is -2.40. The smallest absolute Gasteiger partial charge is 0.313 e. The minimum atomic E-state index is -0.559. The lowest BCUT2D eigenvalue weighted by molar-refractivity contribution is -0.141. The average Bonchev–Trinajstić information content (AvgIpc) is 2.51. The first-order chi connectivity index (χ1) is 11.0. The molecule has 2 rings (SSSR count). The zero-order valence-corrected chi connectivity index (χ0v) is 13.1. The fourth-order valence-electron chi connectivity index (χ4n) is 1.84. The van der Waals surface area contributed by atoms with Crippen LogP contribution in [0.3, 0.4) is 0 Å². The van der Waals surface area contributed by atoms with Gasteiger partial charge in [-0.2, -0.15) is 0 Å². The third kappa shape index (κ3) is 4.79. The molecular weight excluding hydrogens is 323 g/mol. The molecule has 2 aromatic rings. The summed E-state index contributed by atoms with van der Waals surface area (Å²) in [6.45, 7) is 1.91. The van der Waals surface area contributed by atoms with Crippen molar-refractivity contribution in [3.05, 3.63) is 58.9 Å². The average molecular weight is 337 g/mol. The molecule has 0 aliphatic rings. The molecule has 0 aromatic heterocycles. The van der Waals surface area contributed by atoms with Crippen molar-refractivity contribution >= 4 is 23.4 Å². The van der Waals surface area contributed by atoms with Gasteiger partial charge in [0.15, 0.2) is 5.78 Å². The zero-order valence-electron chi connectivity index (χ0n) is 12.3. The normalized spacial score (nSPS) is 10.2. The van der Waals surface area contributed by atoms with Crippen LogP contribution in [-0.4, -0.2) is 18.4 Å². The van der Waals surface area contributed by atoms with E-state index in [4.69, 9.17) is 21.1 Å². The molecule has 0 aliphatic heterocycles. The molecule has 0 fully saturated rings. The Bertz CT molecular complexity index is 713. The van der Waals surface area contributed by atoms with Crippen molar-refractivity contribution in [1.82, 2.24) is 0 Å². The first kappa shape index (κ1) is 17.0. The Kier molecular flexibility index (Phi) is 5.71. The second-order valence-corrected chi connectivity index (χ2v) is 5.01. The number of hydrogen-bond donors (Lipinski definition) is 0. The molecule has 0 spiro atoms. The van der Waals surface area contributed by atoms with Gasteiger partial charge in [-0.1, -0.05) is 11.6 Å². The summed E-state index contributed by atoms with van der Waals surface area (Å²) in [6.07, 6.45) is -0.308. The number of ketones is 1. The van der Waals surface area contributed by atoms with E-state index in [-0.39, 0.29) is 23.8 Å². The minimum Gasteiger partial charge on any atom is -0.466 e. The van der Waals surface area contributed by atoms with Gasteiger partial charge in [0.1, 0.15) is 23.7 Å². The maximum absolute atomic E-state index is 13.0. The Balaban J connectivity index is 2.04. The fraction of sp³-hybridized carbons (Fsp3) is 0.176. The van der Waals surface area contributed by atoms with Crippen LogP contribution in [0.1, 0.15) is 23.7 Å². The molecule has 0 amide bonds. The van der Waals surface area contributed by atoms with Crippen molar-refractivity contribution in [1.29, 1.82) is 0 Å². The first-order valence-electron chi connectivity index (χ1n) is 6.91. The van der Waals surface area contributed by atoms with Gasteiger partial charge in [0.25, 0.3) is 0 Å². The summed E-state index contributed by atoms with van der Waals surface area (Å²) in [5.74, 6) is -0.613. The largest absolute Gasteiger partial charge is 0.466 e. The van der Waals surface area contributed by atoms with Crippen LogP contribution >= 0.6 is 11.6 Å². The highest BCUT2D eigenvalue weighted by Crippen LogP contribution is 2.29. The van der Waals surface area contributed by atoms with Gasteiger partial charge in [-0.25, -0.2) is 4.39 Å². The van der Waals surface area contributed by atoms with E-state index in [0.717, 1.165) is 6.07 Å². The van der Waals surface area contributed by atoms with Crippen LogP contribution in [0, 0.1) is 5.82 Å². The predicted molar refractivity (Wildman–Crippen MR) is 83.5 cm³/mol. The topological polar surface area (TPSA) is 52.6 Å². The van der Waals surface area contributed by atoms with Gasteiger partial charge in [-0.3, -0.25) is 9.59 Å². The second kappa shape index (κ2) is 7.74.